The third kappa shape index (κ3) is 3.57. The first-order chi connectivity index (χ1) is 9.33. The van der Waals surface area contributed by atoms with Crippen LogP contribution in [0.15, 0.2) is 17.5 Å². The molecule has 1 amide bonds. The number of carbonyl (C=O) groups is 1. The molecule has 104 valence electrons. The lowest BCUT2D eigenvalue weighted by Gasteiger charge is -2.24. The first-order valence-corrected chi connectivity index (χ1v) is 8.27. The molecule has 2 fully saturated rings. The van der Waals surface area contributed by atoms with Crippen molar-refractivity contribution in [1.82, 2.24) is 10.6 Å². The van der Waals surface area contributed by atoms with E-state index in [1.165, 1.54) is 43.4 Å². The van der Waals surface area contributed by atoms with Crippen molar-refractivity contribution in [3.05, 3.63) is 22.4 Å². The molecule has 1 aromatic heterocycles. The molecule has 1 atom stereocenters. The van der Waals surface area contributed by atoms with E-state index < -0.39 is 0 Å². The van der Waals surface area contributed by atoms with Crippen molar-refractivity contribution in [3.8, 4) is 0 Å². The second-order valence-corrected chi connectivity index (χ2v) is 6.74. The van der Waals surface area contributed by atoms with Gasteiger partial charge in [0, 0.05) is 10.9 Å². The van der Waals surface area contributed by atoms with Gasteiger partial charge >= 0.3 is 0 Å². The maximum absolute atomic E-state index is 12.1. The molecule has 0 aliphatic heterocycles. The van der Waals surface area contributed by atoms with Gasteiger partial charge in [-0.25, -0.2) is 0 Å². The van der Waals surface area contributed by atoms with Crippen molar-refractivity contribution in [2.24, 2.45) is 5.92 Å². The van der Waals surface area contributed by atoms with Crippen molar-refractivity contribution in [2.45, 2.75) is 50.6 Å². The summed E-state index contributed by atoms with van der Waals surface area (Å²) in [6.07, 6.45) is 7.57. The molecule has 0 bridgehead atoms. The van der Waals surface area contributed by atoms with Crippen LogP contribution >= 0.6 is 11.3 Å². The Morgan fingerprint density at radius 3 is 2.74 bits per heavy atom. The summed E-state index contributed by atoms with van der Waals surface area (Å²) >= 11 is 1.76. The van der Waals surface area contributed by atoms with Crippen LogP contribution in [0, 0.1) is 5.92 Å². The Hall–Kier alpha value is -0.870. The third-order valence-electron chi connectivity index (χ3n) is 4.17. The van der Waals surface area contributed by atoms with Crippen LogP contribution in [0.1, 0.15) is 49.4 Å². The highest BCUT2D eigenvalue weighted by atomic mass is 32.1. The minimum atomic E-state index is 0.150. The van der Waals surface area contributed by atoms with Gasteiger partial charge in [-0.05, 0) is 43.0 Å². The van der Waals surface area contributed by atoms with Crippen molar-refractivity contribution in [1.29, 1.82) is 0 Å². The van der Waals surface area contributed by atoms with Gasteiger partial charge in [0.05, 0.1) is 12.6 Å². The first-order valence-electron chi connectivity index (χ1n) is 7.39. The molecule has 1 unspecified atom stereocenters. The van der Waals surface area contributed by atoms with Gasteiger partial charge in [-0.2, -0.15) is 0 Å². The largest absolute Gasteiger partial charge is 0.347 e. The van der Waals surface area contributed by atoms with Crippen molar-refractivity contribution < 1.29 is 4.79 Å². The minimum absolute atomic E-state index is 0.150. The van der Waals surface area contributed by atoms with Crippen LogP contribution in [0.2, 0.25) is 0 Å². The van der Waals surface area contributed by atoms with E-state index >= 15 is 0 Å². The Morgan fingerprint density at radius 2 is 2.11 bits per heavy atom. The van der Waals surface area contributed by atoms with Crippen molar-refractivity contribution >= 4 is 17.2 Å². The summed E-state index contributed by atoms with van der Waals surface area (Å²) in [5, 5.41) is 8.65. The monoisotopic (exact) mass is 278 g/mol. The van der Waals surface area contributed by atoms with E-state index in [2.05, 4.69) is 28.1 Å². The summed E-state index contributed by atoms with van der Waals surface area (Å²) in [4.78, 5) is 13.4. The maximum Gasteiger partial charge on any atom is 0.234 e. The summed E-state index contributed by atoms with van der Waals surface area (Å²) in [6, 6.07) is 5.06. The van der Waals surface area contributed by atoms with E-state index in [1.807, 2.05) is 0 Å². The predicted octanol–water partition coefficient (Wildman–Crippen LogP) is 2.85. The second-order valence-electron chi connectivity index (χ2n) is 5.76. The number of thiophene rings is 1. The molecule has 4 heteroatoms. The molecular weight excluding hydrogens is 256 g/mol. The Labute approximate surface area is 118 Å². The van der Waals surface area contributed by atoms with Gasteiger partial charge in [0.1, 0.15) is 0 Å². The van der Waals surface area contributed by atoms with Gasteiger partial charge in [0.25, 0.3) is 0 Å². The van der Waals surface area contributed by atoms with Crippen LogP contribution < -0.4 is 10.6 Å². The molecule has 2 aliphatic carbocycles. The van der Waals surface area contributed by atoms with Gasteiger partial charge < -0.3 is 10.6 Å². The molecule has 19 heavy (non-hydrogen) atoms. The van der Waals surface area contributed by atoms with Gasteiger partial charge in [-0.1, -0.05) is 18.9 Å². The highest BCUT2D eigenvalue weighted by molar-refractivity contribution is 7.10. The highest BCUT2D eigenvalue weighted by Gasteiger charge is 2.29. The van der Waals surface area contributed by atoms with Crippen LogP contribution in [0.4, 0.5) is 0 Å². The number of amides is 1. The molecule has 0 radical (unpaired) electrons. The number of hydrogen-bond acceptors (Lipinski definition) is 3. The average Bonchev–Trinajstić information content (AvgIpc) is 2.91. The second kappa shape index (κ2) is 6.06. The summed E-state index contributed by atoms with van der Waals surface area (Å²) < 4.78 is 0. The van der Waals surface area contributed by atoms with Crippen LogP contribution in [-0.4, -0.2) is 18.5 Å². The fraction of sp³-hybridized carbons (Fsp3) is 0.667. The Kier molecular flexibility index (Phi) is 4.18. The molecule has 0 spiro atoms. The Balaban J connectivity index is 1.59. The molecule has 2 aliphatic rings. The molecule has 1 aromatic rings. The molecule has 3 nitrogen and oxygen atoms in total. The molecular formula is C15H22N2OS. The molecule has 0 saturated heterocycles. The van der Waals surface area contributed by atoms with Gasteiger partial charge in [-0.15, -0.1) is 11.3 Å². The standard InChI is InChI=1S/C15H22N2OS/c18-14(10-16-12-7-8-12)17-15(11-4-1-2-5-11)13-6-3-9-19-13/h3,6,9,11-12,15-16H,1-2,4-5,7-8,10H2,(H,17,18). The fourth-order valence-corrected chi connectivity index (χ4v) is 3.80. The molecule has 2 saturated carbocycles. The van der Waals surface area contributed by atoms with Gasteiger partial charge in [-0.3, -0.25) is 4.79 Å². The molecule has 2 N–H and O–H groups in total. The normalized spacial score (nSPS) is 21.5. The van der Waals surface area contributed by atoms with E-state index in [0.29, 0.717) is 18.5 Å². The lowest BCUT2D eigenvalue weighted by molar-refractivity contribution is -0.121. The summed E-state index contributed by atoms with van der Waals surface area (Å²) in [7, 11) is 0. The Bertz CT molecular complexity index is 408. The number of rotatable bonds is 6. The van der Waals surface area contributed by atoms with Crippen LogP contribution in [0.25, 0.3) is 0 Å². The highest BCUT2D eigenvalue weighted by Crippen LogP contribution is 2.37. The summed E-state index contributed by atoms with van der Waals surface area (Å²) in [6.45, 7) is 0.471. The average molecular weight is 278 g/mol. The van der Waals surface area contributed by atoms with E-state index in [0.717, 1.165) is 0 Å². The van der Waals surface area contributed by atoms with Crippen LogP contribution in [0.5, 0.6) is 0 Å². The quantitative estimate of drug-likeness (QED) is 0.840. The lowest BCUT2D eigenvalue weighted by atomic mass is 9.96. The SMILES string of the molecule is O=C(CNC1CC1)NC(c1cccs1)C1CCCC1. The van der Waals surface area contributed by atoms with Crippen LogP contribution in [-0.2, 0) is 4.79 Å². The van der Waals surface area contributed by atoms with E-state index in [4.69, 9.17) is 0 Å². The number of carbonyl (C=O) groups excluding carboxylic acids is 1. The lowest BCUT2D eigenvalue weighted by Crippen LogP contribution is -2.39. The molecule has 0 aromatic carbocycles. The van der Waals surface area contributed by atoms with E-state index in [-0.39, 0.29) is 11.9 Å². The van der Waals surface area contributed by atoms with Gasteiger partial charge in [0.2, 0.25) is 5.91 Å². The van der Waals surface area contributed by atoms with Crippen LogP contribution in [0.3, 0.4) is 0 Å². The zero-order valence-electron chi connectivity index (χ0n) is 11.2. The Morgan fingerprint density at radius 1 is 1.32 bits per heavy atom. The van der Waals surface area contributed by atoms with Crippen molar-refractivity contribution in [3.63, 3.8) is 0 Å². The summed E-state index contributed by atoms with van der Waals surface area (Å²) in [5.41, 5.74) is 0. The van der Waals surface area contributed by atoms with E-state index in [9.17, 15) is 4.79 Å². The van der Waals surface area contributed by atoms with Crippen molar-refractivity contribution in [2.75, 3.05) is 6.54 Å². The first kappa shape index (κ1) is 13.1. The number of nitrogens with one attached hydrogen (secondary N) is 2. The topological polar surface area (TPSA) is 41.1 Å². The summed E-state index contributed by atoms with van der Waals surface area (Å²) in [5.74, 6) is 0.778. The molecule has 1 heterocycles. The third-order valence-corrected chi connectivity index (χ3v) is 5.12. The smallest absolute Gasteiger partial charge is 0.234 e. The number of hydrogen-bond donors (Lipinski definition) is 2. The van der Waals surface area contributed by atoms with Gasteiger partial charge in [0.15, 0.2) is 0 Å². The zero-order valence-corrected chi connectivity index (χ0v) is 12.0. The zero-order chi connectivity index (χ0) is 13.1. The van der Waals surface area contributed by atoms with E-state index in [1.54, 1.807) is 11.3 Å². The predicted molar refractivity (Wildman–Crippen MR) is 78.2 cm³/mol. The fourth-order valence-electron chi connectivity index (χ4n) is 2.93. The maximum atomic E-state index is 12.1. The molecule has 3 rings (SSSR count). The minimum Gasteiger partial charge on any atom is -0.347 e.